The quantitative estimate of drug-likeness (QED) is 0.675. The van der Waals surface area contributed by atoms with Crippen LogP contribution in [-0.2, 0) is 4.79 Å². The summed E-state index contributed by atoms with van der Waals surface area (Å²) >= 11 is 0. The molecule has 7 nitrogen and oxygen atoms in total. The number of carbonyl (C=O) groups excluding carboxylic acids is 1. The smallest absolute Gasteiger partial charge is 0.232 e. The standard InChI is InChI=1S/C23H31FN6O/c1-15-19-13-17(16-5-7-18(24)8-6-16)14-26-20(19)30(29-11-9-25-10-12-29)22(27-15)28-21(31)23(2,3)4/h5-8,13,15,25-26H,9-12,14H2,1-4H3,(H,27,28,31). The van der Waals surface area contributed by atoms with Crippen molar-refractivity contribution in [1.82, 2.24) is 26.0 Å². The predicted octanol–water partition coefficient (Wildman–Crippen LogP) is 2.07. The van der Waals surface area contributed by atoms with Crippen molar-refractivity contribution in [2.24, 2.45) is 10.4 Å². The number of carbonyl (C=O) groups is 1. The SMILES string of the molecule is CC1N=C(NC(=O)C(C)(C)C)N(N2CCNCC2)C2=C1C=C(c1ccc(F)cc1)CN2. The molecule has 8 heteroatoms. The fourth-order valence-electron chi connectivity index (χ4n) is 3.87. The Hall–Kier alpha value is -2.71. The molecule has 3 N–H and O–H groups in total. The average Bonchev–Trinajstić information content (AvgIpc) is 2.74. The van der Waals surface area contributed by atoms with Gasteiger partial charge in [0, 0.05) is 43.7 Å². The van der Waals surface area contributed by atoms with Gasteiger partial charge in [0.15, 0.2) is 0 Å². The number of piperazine rings is 1. The minimum Gasteiger partial charge on any atom is -0.366 e. The molecule has 31 heavy (non-hydrogen) atoms. The minimum absolute atomic E-state index is 0.0685. The van der Waals surface area contributed by atoms with Gasteiger partial charge in [0.1, 0.15) is 11.6 Å². The van der Waals surface area contributed by atoms with E-state index in [2.05, 4.69) is 27.0 Å². The molecular weight excluding hydrogens is 395 g/mol. The fraction of sp³-hybridized carbons (Fsp3) is 0.478. The van der Waals surface area contributed by atoms with Gasteiger partial charge in [-0.1, -0.05) is 32.9 Å². The number of hydrogen-bond acceptors (Lipinski definition) is 6. The van der Waals surface area contributed by atoms with Crippen molar-refractivity contribution in [3.63, 3.8) is 0 Å². The van der Waals surface area contributed by atoms with E-state index in [9.17, 15) is 9.18 Å². The van der Waals surface area contributed by atoms with Gasteiger partial charge >= 0.3 is 0 Å². The second kappa shape index (κ2) is 8.43. The van der Waals surface area contributed by atoms with Crippen LogP contribution in [0.1, 0.15) is 33.3 Å². The van der Waals surface area contributed by atoms with E-state index in [0.717, 1.165) is 48.7 Å². The van der Waals surface area contributed by atoms with Crippen LogP contribution in [0.2, 0.25) is 0 Å². The van der Waals surface area contributed by atoms with Gasteiger partial charge in [-0.05, 0) is 36.3 Å². The number of hydrogen-bond donors (Lipinski definition) is 3. The lowest BCUT2D eigenvalue weighted by Crippen LogP contribution is -2.62. The zero-order chi connectivity index (χ0) is 22.2. The molecule has 3 aliphatic rings. The second-order valence-corrected chi connectivity index (χ2v) is 9.18. The topological polar surface area (TPSA) is 72.0 Å². The molecule has 0 radical (unpaired) electrons. The lowest BCUT2D eigenvalue weighted by Gasteiger charge is -2.45. The number of amides is 1. The number of benzene rings is 1. The van der Waals surface area contributed by atoms with Crippen molar-refractivity contribution in [3.8, 4) is 0 Å². The number of nitrogens with one attached hydrogen (secondary N) is 3. The Kier molecular flexibility index (Phi) is 5.85. The van der Waals surface area contributed by atoms with Crippen LogP contribution in [0.5, 0.6) is 0 Å². The number of hydrazine groups is 1. The summed E-state index contributed by atoms with van der Waals surface area (Å²) in [6.07, 6.45) is 2.14. The highest BCUT2D eigenvalue weighted by atomic mass is 19.1. The normalized spacial score (nSPS) is 22.4. The maximum Gasteiger partial charge on any atom is 0.232 e. The summed E-state index contributed by atoms with van der Waals surface area (Å²) in [7, 11) is 0. The molecule has 1 aromatic carbocycles. The Morgan fingerprint density at radius 3 is 2.52 bits per heavy atom. The molecule has 0 saturated carbocycles. The zero-order valence-corrected chi connectivity index (χ0v) is 18.6. The molecule has 3 aliphatic heterocycles. The summed E-state index contributed by atoms with van der Waals surface area (Å²) in [5.74, 6) is 1.19. The lowest BCUT2D eigenvalue weighted by molar-refractivity contribution is -0.127. The van der Waals surface area contributed by atoms with Gasteiger partial charge in [-0.3, -0.25) is 10.1 Å². The molecule has 166 valence electrons. The molecule has 0 spiro atoms. The highest BCUT2D eigenvalue weighted by Crippen LogP contribution is 2.30. The van der Waals surface area contributed by atoms with E-state index in [1.165, 1.54) is 12.1 Å². The number of guanidine groups is 1. The molecule has 3 heterocycles. The summed E-state index contributed by atoms with van der Waals surface area (Å²) in [5.41, 5.74) is 2.60. The Labute approximate surface area is 183 Å². The third kappa shape index (κ3) is 4.50. The molecule has 1 saturated heterocycles. The number of aliphatic imine (C=N–C) groups is 1. The lowest BCUT2D eigenvalue weighted by atomic mass is 9.95. The van der Waals surface area contributed by atoms with E-state index in [1.807, 2.05) is 32.7 Å². The first-order valence-corrected chi connectivity index (χ1v) is 10.8. The van der Waals surface area contributed by atoms with Crippen molar-refractivity contribution in [2.45, 2.75) is 33.7 Å². The van der Waals surface area contributed by atoms with Crippen molar-refractivity contribution in [3.05, 3.63) is 53.1 Å². The molecule has 0 bridgehead atoms. The van der Waals surface area contributed by atoms with Gasteiger partial charge in [0.05, 0.1) is 6.04 Å². The molecular formula is C23H31FN6O. The first kappa shape index (κ1) is 21.5. The van der Waals surface area contributed by atoms with Gasteiger partial charge in [0.25, 0.3) is 0 Å². The summed E-state index contributed by atoms with van der Waals surface area (Å²) in [6, 6.07) is 6.43. The first-order valence-electron chi connectivity index (χ1n) is 10.8. The van der Waals surface area contributed by atoms with Crippen molar-refractivity contribution < 1.29 is 9.18 Å². The Balaban J connectivity index is 1.70. The van der Waals surface area contributed by atoms with Crippen LogP contribution >= 0.6 is 0 Å². The van der Waals surface area contributed by atoms with E-state index < -0.39 is 5.41 Å². The highest BCUT2D eigenvalue weighted by Gasteiger charge is 2.36. The maximum absolute atomic E-state index is 13.4. The molecule has 0 aliphatic carbocycles. The van der Waals surface area contributed by atoms with Crippen LogP contribution in [0.4, 0.5) is 4.39 Å². The molecule has 1 atom stereocenters. The number of nitrogens with zero attached hydrogens (tertiary/aromatic N) is 3. The number of dihydropyridines is 1. The molecule has 4 rings (SSSR count). The third-order valence-electron chi connectivity index (χ3n) is 5.73. The highest BCUT2D eigenvalue weighted by molar-refractivity contribution is 6.00. The van der Waals surface area contributed by atoms with Crippen LogP contribution in [0.15, 0.2) is 46.7 Å². The second-order valence-electron chi connectivity index (χ2n) is 9.18. The Morgan fingerprint density at radius 1 is 1.19 bits per heavy atom. The molecule has 1 fully saturated rings. The van der Waals surface area contributed by atoms with Gasteiger partial charge in [0.2, 0.25) is 11.9 Å². The predicted molar refractivity (Wildman–Crippen MR) is 120 cm³/mol. The van der Waals surface area contributed by atoms with Crippen LogP contribution in [-0.4, -0.2) is 60.7 Å². The van der Waals surface area contributed by atoms with Gasteiger partial charge in [-0.25, -0.2) is 19.4 Å². The van der Waals surface area contributed by atoms with E-state index in [-0.39, 0.29) is 17.8 Å². The summed E-state index contributed by atoms with van der Waals surface area (Å²) in [4.78, 5) is 17.6. The van der Waals surface area contributed by atoms with Crippen molar-refractivity contribution in [2.75, 3.05) is 32.7 Å². The Morgan fingerprint density at radius 2 is 1.87 bits per heavy atom. The maximum atomic E-state index is 13.4. The first-order chi connectivity index (χ1) is 14.7. The van der Waals surface area contributed by atoms with E-state index in [4.69, 9.17) is 4.99 Å². The van der Waals surface area contributed by atoms with Crippen LogP contribution in [0.3, 0.4) is 0 Å². The van der Waals surface area contributed by atoms with Crippen LogP contribution in [0, 0.1) is 11.2 Å². The number of rotatable bonds is 2. The third-order valence-corrected chi connectivity index (χ3v) is 5.73. The van der Waals surface area contributed by atoms with E-state index in [1.54, 1.807) is 12.1 Å². The van der Waals surface area contributed by atoms with Gasteiger partial charge in [-0.15, -0.1) is 0 Å². The van der Waals surface area contributed by atoms with Crippen LogP contribution < -0.4 is 16.0 Å². The average molecular weight is 427 g/mol. The van der Waals surface area contributed by atoms with E-state index in [0.29, 0.717) is 12.5 Å². The monoisotopic (exact) mass is 426 g/mol. The zero-order valence-electron chi connectivity index (χ0n) is 18.6. The van der Waals surface area contributed by atoms with Gasteiger partial charge in [-0.2, -0.15) is 0 Å². The fourth-order valence-corrected chi connectivity index (χ4v) is 3.87. The van der Waals surface area contributed by atoms with Gasteiger partial charge < -0.3 is 10.6 Å². The van der Waals surface area contributed by atoms with Crippen LogP contribution in [0.25, 0.3) is 5.57 Å². The van der Waals surface area contributed by atoms with Crippen molar-refractivity contribution in [1.29, 1.82) is 0 Å². The number of halogens is 1. The van der Waals surface area contributed by atoms with E-state index >= 15 is 0 Å². The van der Waals surface area contributed by atoms with Crippen molar-refractivity contribution >= 4 is 17.4 Å². The Bertz CT molecular complexity index is 938. The summed E-state index contributed by atoms with van der Waals surface area (Å²) < 4.78 is 13.4. The molecule has 1 amide bonds. The molecule has 1 aromatic rings. The molecule has 1 unspecified atom stereocenters. The summed E-state index contributed by atoms with van der Waals surface area (Å²) in [5, 5.41) is 14.2. The summed E-state index contributed by atoms with van der Waals surface area (Å²) in [6.45, 7) is 11.7. The molecule has 0 aromatic heterocycles. The minimum atomic E-state index is -0.523. The largest absolute Gasteiger partial charge is 0.366 e.